The summed E-state index contributed by atoms with van der Waals surface area (Å²) in [7, 11) is 0. The van der Waals surface area contributed by atoms with Crippen LogP contribution in [0.25, 0.3) is 0 Å². The topological polar surface area (TPSA) is 87.7 Å². The summed E-state index contributed by atoms with van der Waals surface area (Å²) in [6.07, 6.45) is 12.1. The molecule has 3 aliphatic rings. The average molecular weight is 632 g/mol. The van der Waals surface area contributed by atoms with Crippen molar-refractivity contribution < 1.29 is 19.1 Å². The lowest BCUT2D eigenvalue weighted by Gasteiger charge is -2.40. The third-order valence-electron chi connectivity index (χ3n) is 7.62. The molecular formula is C33H33N3O4S3. The number of nitrogens with zero attached hydrogens (tertiary/aromatic N) is 1. The van der Waals surface area contributed by atoms with Crippen LogP contribution in [0.2, 0.25) is 0 Å². The van der Waals surface area contributed by atoms with Gasteiger partial charge >= 0.3 is 12.0 Å². The van der Waals surface area contributed by atoms with Crippen LogP contribution in [0.15, 0.2) is 82.6 Å². The maximum absolute atomic E-state index is 13.7. The van der Waals surface area contributed by atoms with Gasteiger partial charge in [0.2, 0.25) is 5.91 Å². The number of fused-ring (bicyclic) bond motifs is 3. The summed E-state index contributed by atoms with van der Waals surface area (Å²) in [4.78, 5) is 44.7. The number of hydrogen-bond donors (Lipinski definition) is 2. The molecule has 10 heteroatoms. The summed E-state index contributed by atoms with van der Waals surface area (Å²) in [6, 6.07) is 15.2. The zero-order valence-electron chi connectivity index (χ0n) is 24.0. The van der Waals surface area contributed by atoms with E-state index in [1.165, 1.54) is 23.1 Å². The van der Waals surface area contributed by atoms with Crippen molar-refractivity contribution in [1.82, 2.24) is 0 Å². The summed E-state index contributed by atoms with van der Waals surface area (Å²) in [5, 5.41) is 6.39. The molecule has 3 unspecified atom stereocenters. The first-order valence-corrected chi connectivity index (χ1v) is 17.1. The van der Waals surface area contributed by atoms with E-state index in [0.717, 1.165) is 51.6 Å². The molecule has 1 aromatic heterocycles. The van der Waals surface area contributed by atoms with Crippen molar-refractivity contribution in [1.29, 1.82) is 0 Å². The van der Waals surface area contributed by atoms with Gasteiger partial charge in [-0.2, -0.15) is 0 Å². The predicted octanol–water partition coefficient (Wildman–Crippen LogP) is 7.93. The minimum atomic E-state index is -0.439. The van der Waals surface area contributed by atoms with E-state index in [-0.39, 0.29) is 35.8 Å². The first kappa shape index (κ1) is 29.6. The molecule has 3 aromatic rings. The summed E-state index contributed by atoms with van der Waals surface area (Å²) in [6.45, 7) is 3.91. The molecule has 0 saturated carbocycles. The Hall–Kier alpha value is -3.47. The zero-order valence-corrected chi connectivity index (χ0v) is 26.5. The Labute approximate surface area is 264 Å². The monoisotopic (exact) mass is 631 g/mol. The maximum atomic E-state index is 13.7. The van der Waals surface area contributed by atoms with Gasteiger partial charge in [0.1, 0.15) is 5.00 Å². The van der Waals surface area contributed by atoms with Gasteiger partial charge in [0.05, 0.1) is 34.4 Å². The SMILES string of the molecule is CCOC(=O)c1c(NC(=O)C(C)Sc2cccc(NC(=O)N3c4ccccc4SC4C=CC=CC43)c2)sc2c1CCCC2. The number of carbonyl (C=O) groups excluding carboxylic acids is 3. The largest absolute Gasteiger partial charge is 0.462 e. The smallest absolute Gasteiger partial charge is 0.341 e. The van der Waals surface area contributed by atoms with E-state index in [2.05, 4.69) is 22.8 Å². The lowest BCUT2D eigenvalue weighted by molar-refractivity contribution is -0.115. The molecule has 222 valence electrons. The number of hydrogen-bond acceptors (Lipinski definition) is 7. The number of esters is 1. The molecule has 2 aromatic carbocycles. The number of thiophene rings is 1. The molecule has 43 heavy (non-hydrogen) atoms. The van der Waals surface area contributed by atoms with Gasteiger partial charge < -0.3 is 15.4 Å². The van der Waals surface area contributed by atoms with Gasteiger partial charge in [0.25, 0.3) is 0 Å². The van der Waals surface area contributed by atoms with Crippen LogP contribution in [0.5, 0.6) is 0 Å². The number of urea groups is 1. The number of anilines is 3. The number of amides is 3. The Balaban J connectivity index is 1.15. The highest BCUT2D eigenvalue weighted by molar-refractivity contribution is 8.00. The Morgan fingerprint density at radius 1 is 1.05 bits per heavy atom. The van der Waals surface area contributed by atoms with E-state index in [1.54, 1.807) is 18.7 Å². The van der Waals surface area contributed by atoms with Crippen molar-refractivity contribution in [3.05, 3.63) is 88.8 Å². The number of nitrogens with one attached hydrogen (secondary N) is 2. The van der Waals surface area contributed by atoms with E-state index < -0.39 is 5.25 Å². The normalized spacial score (nSPS) is 19.1. The van der Waals surface area contributed by atoms with E-state index in [1.807, 2.05) is 72.5 Å². The maximum Gasteiger partial charge on any atom is 0.341 e. The van der Waals surface area contributed by atoms with Crippen molar-refractivity contribution >= 4 is 69.1 Å². The molecule has 2 heterocycles. The fourth-order valence-corrected chi connectivity index (χ4v) is 9.07. The quantitative estimate of drug-likeness (QED) is 0.203. The van der Waals surface area contributed by atoms with Crippen LogP contribution in [-0.2, 0) is 22.4 Å². The fourth-order valence-electron chi connectivity index (χ4n) is 5.60. The zero-order chi connectivity index (χ0) is 29.9. The van der Waals surface area contributed by atoms with E-state index in [9.17, 15) is 14.4 Å². The number of rotatable bonds is 7. The first-order valence-electron chi connectivity index (χ1n) is 14.5. The molecule has 3 amide bonds. The Kier molecular flexibility index (Phi) is 8.97. The number of aryl methyl sites for hydroxylation is 1. The van der Waals surface area contributed by atoms with Crippen LogP contribution >= 0.6 is 34.9 Å². The molecule has 0 radical (unpaired) electrons. The van der Waals surface area contributed by atoms with Gasteiger partial charge in [-0.1, -0.05) is 42.5 Å². The Bertz CT molecular complexity index is 1610. The van der Waals surface area contributed by atoms with Gasteiger partial charge in [-0.3, -0.25) is 9.69 Å². The van der Waals surface area contributed by atoms with Crippen molar-refractivity contribution in [2.24, 2.45) is 0 Å². The summed E-state index contributed by atoms with van der Waals surface area (Å²) < 4.78 is 5.33. The van der Waals surface area contributed by atoms with Crippen molar-refractivity contribution in [2.75, 3.05) is 22.1 Å². The van der Waals surface area contributed by atoms with Gasteiger partial charge in [-0.25, -0.2) is 9.59 Å². The molecule has 0 saturated heterocycles. The minimum absolute atomic E-state index is 0.0893. The molecule has 7 nitrogen and oxygen atoms in total. The van der Waals surface area contributed by atoms with E-state index in [0.29, 0.717) is 16.3 Å². The number of thioether (sulfide) groups is 2. The highest BCUT2D eigenvalue weighted by atomic mass is 32.2. The predicted molar refractivity (Wildman–Crippen MR) is 177 cm³/mol. The molecular weight excluding hydrogens is 599 g/mol. The van der Waals surface area contributed by atoms with Crippen LogP contribution in [-0.4, -0.2) is 41.1 Å². The average Bonchev–Trinajstić information content (AvgIpc) is 3.37. The second kappa shape index (κ2) is 13.0. The summed E-state index contributed by atoms with van der Waals surface area (Å²) in [5.74, 6) is -0.559. The van der Waals surface area contributed by atoms with Crippen molar-refractivity contribution in [2.45, 2.75) is 65.9 Å². The number of para-hydroxylation sites is 1. The number of benzene rings is 2. The standard InChI is InChI=1S/C33H33N3O4S3/c1-3-40-32(38)29-23-13-4-7-16-26(23)43-31(29)35-30(37)20(2)41-22-12-10-11-21(19-22)34-33(39)36-24-14-5-8-17-27(24)42-28-18-9-6-15-25(28)36/h5-6,8-12,14-15,17-20,24,27H,3-4,7,13,16H2,1-2H3,(H,34,39)(H,35,37). The van der Waals surface area contributed by atoms with E-state index >= 15 is 0 Å². The number of carbonyl (C=O) groups is 3. The molecule has 2 N–H and O–H groups in total. The molecule has 0 fully saturated rings. The van der Waals surface area contributed by atoms with Crippen molar-refractivity contribution in [3.63, 3.8) is 0 Å². The minimum Gasteiger partial charge on any atom is -0.462 e. The Morgan fingerprint density at radius 2 is 1.86 bits per heavy atom. The van der Waals surface area contributed by atoms with Crippen LogP contribution in [0.1, 0.15) is 47.5 Å². The lowest BCUT2D eigenvalue weighted by Crippen LogP contribution is -2.49. The number of allylic oxidation sites excluding steroid dienone is 2. The first-order chi connectivity index (χ1) is 20.9. The summed E-state index contributed by atoms with van der Waals surface area (Å²) >= 11 is 4.66. The van der Waals surface area contributed by atoms with Crippen molar-refractivity contribution in [3.8, 4) is 0 Å². The van der Waals surface area contributed by atoms with Gasteiger partial charge in [0.15, 0.2) is 0 Å². The third kappa shape index (κ3) is 6.27. The second-order valence-electron chi connectivity index (χ2n) is 10.5. The highest BCUT2D eigenvalue weighted by Crippen LogP contribution is 2.44. The third-order valence-corrected chi connectivity index (χ3v) is 11.2. The molecule has 0 bridgehead atoms. The van der Waals surface area contributed by atoms with E-state index in [4.69, 9.17) is 4.74 Å². The van der Waals surface area contributed by atoms with Crippen LogP contribution in [0.4, 0.5) is 21.2 Å². The molecule has 0 spiro atoms. The Morgan fingerprint density at radius 3 is 2.72 bits per heavy atom. The summed E-state index contributed by atoms with van der Waals surface area (Å²) in [5.41, 5.74) is 3.08. The highest BCUT2D eigenvalue weighted by Gasteiger charge is 2.36. The fraction of sp³-hybridized carbons (Fsp3) is 0.303. The second-order valence-corrected chi connectivity index (χ2v) is 14.3. The van der Waals surface area contributed by atoms with Gasteiger partial charge in [0, 0.05) is 20.4 Å². The molecule has 1 aliphatic heterocycles. The van der Waals surface area contributed by atoms with Crippen LogP contribution < -0.4 is 15.5 Å². The molecule has 6 rings (SSSR count). The van der Waals surface area contributed by atoms with Crippen LogP contribution in [0, 0.1) is 0 Å². The molecule has 3 atom stereocenters. The lowest BCUT2D eigenvalue weighted by atomic mass is 9.95. The van der Waals surface area contributed by atoms with Gasteiger partial charge in [-0.05, 0) is 75.4 Å². The van der Waals surface area contributed by atoms with Crippen LogP contribution in [0.3, 0.4) is 0 Å². The molecule has 2 aliphatic carbocycles. The number of ether oxygens (including phenoxy) is 1. The van der Waals surface area contributed by atoms with Gasteiger partial charge in [-0.15, -0.1) is 34.9 Å².